The summed E-state index contributed by atoms with van der Waals surface area (Å²) in [4.78, 5) is 29.8. The molecule has 0 aromatic heterocycles. The standard InChI is InChI=1S/C22H18BrNO3/c1-2-14-12-22(19(18(14)13-25)15-8-10-17(23)11-9-15)21(26)27-20(24-22)16-6-4-3-5-7-16/h2-11,13-14,18-19H,1,12H2/t14-,18-,19+,22+/m0/s1. The molecule has 1 heterocycles. The van der Waals surface area contributed by atoms with Crippen molar-refractivity contribution in [3.63, 3.8) is 0 Å². The monoisotopic (exact) mass is 423 g/mol. The Balaban J connectivity index is 1.86. The number of esters is 1. The van der Waals surface area contributed by atoms with E-state index in [0.717, 1.165) is 21.9 Å². The van der Waals surface area contributed by atoms with E-state index in [-0.39, 0.29) is 17.8 Å². The molecule has 2 aromatic carbocycles. The van der Waals surface area contributed by atoms with Crippen LogP contribution in [-0.2, 0) is 14.3 Å². The van der Waals surface area contributed by atoms with Gasteiger partial charge in [0.25, 0.3) is 0 Å². The molecule has 0 radical (unpaired) electrons. The molecule has 1 spiro atoms. The maximum Gasteiger partial charge on any atom is 0.341 e. The second-order valence-electron chi connectivity index (χ2n) is 6.94. The van der Waals surface area contributed by atoms with Crippen LogP contribution in [0.5, 0.6) is 0 Å². The van der Waals surface area contributed by atoms with E-state index < -0.39 is 11.5 Å². The number of rotatable bonds is 4. The Bertz CT molecular complexity index is 922. The molecular weight excluding hydrogens is 406 g/mol. The molecule has 0 saturated heterocycles. The van der Waals surface area contributed by atoms with Crippen LogP contribution in [0.25, 0.3) is 0 Å². The maximum atomic E-state index is 13.1. The SMILES string of the molecule is C=C[C@H]1C[C@@]2(N=C(c3ccccc3)OC2=O)[C@H](c2ccc(Br)cc2)[C@H]1C=O. The molecule has 4 atom stereocenters. The van der Waals surface area contributed by atoms with Crippen LogP contribution in [0.15, 0.2) is 76.7 Å². The number of carbonyl (C=O) groups is 2. The van der Waals surface area contributed by atoms with Crippen LogP contribution in [0, 0.1) is 11.8 Å². The second kappa shape index (κ2) is 6.89. The number of ether oxygens (including phenoxy) is 1. The normalized spacial score (nSPS) is 29.4. The largest absolute Gasteiger partial charge is 0.405 e. The lowest BCUT2D eigenvalue weighted by Crippen LogP contribution is -2.38. The summed E-state index contributed by atoms with van der Waals surface area (Å²) in [5.74, 6) is -0.986. The predicted molar refractivity (Wildman–Crippen MR) is 107 cm³/mol. The van der Waals surface area contributed by atoms with Gasteiger partial charge in [0.05, 0.1) is 0 Å². The Hall–Kier alpha value is -2.53. The number of aldehydes is 1. The van der Waals surface area contributed by atoms with Crippen molar-refractivity contribution in [1.82, 2.24) is 0 Å². The van der Waals surface area contributed by atoms with Gasteiger partial charge in [0.1, 0.15) is 6.29 Å². The third kappa shape index (κ3) is 2.86. The summed E-state index contributed by atoms with van der Waals surface area (Å²) >= 11 is 3.43. The lowest BCUT2D eigenvalue weighted by atomic mass is 9.78. The van der Waals surface area contributed by atoms with Crippen molar-refractivity contribution >= 4 is 34.1 Å². The molecule has 5 heteroatoms. The number of aliphatic imine (C=N–C) groups is 1. The molecule has 4 rings (SSSR count). The van der Waals surface area contributed by atoms with Gasteiger partial charge in [0, 0.05) is 21.9 Å². The first-order chi connectivity index (χ1) is 13.1. The number of hydrogen-bond donors (Lipinski definition) is 0. The molecule has 1 fully saturated rings. The van der Waals surface area contributed by atoms with E-state index in [1.807, 2.05) is 54.6 Å². The van der Waals surface area contributed by atoms with E-state index in [1.54, 1.807) is 6.08 Å². The fraction of sp³-hybridized carbons (Fsp3) is 0.227. The maximum absolute atomic E-state index is 13.1. The van der Waals surface area contributed by atoms with Crippen molar-refractivity contribution in [3.8, 4) is 0 Å². The van der Waals surface area contributed by atoms with Gasteiger partial charge in [-0.1, -0.05) is 52.3 Å². The minimum Gasteiger partial charge on any atom is -0.405 e. The van der Waals surface area contributed by atoms with Crippen molar-refractivity contribution in [2.75, 3.05) is 0 Å². The summed E-state index contributed by atoms with van der Waals surface area (Å²) in [6.07, 6.45) is 3.09. The lowest BCUT2D eigenvalue weighted by molar-refractivity contribution is -0.139. The third-order valence-electron chi connectivity index (χ3n) is 5.49. The molecule has 0 bridgehead atoms. The minimum atomic E-state index is -1.11. The quantitative estimate of drug-likeness (QED) is 0.418. The molecule has 136 valence electrons. The minimum absolute atomic E-state index is 0.137. The van der Waals surface area contributed by atoms with E-state index in [9.17, 15) is 9.59 Å². The van der Waals surface area contributed by atoms with Crippen LogP contribution in [0.4, 0.5) is 0 Å². The van der Waals surface area contributed by atoms with E-state index in [2.05, 4.69) is 22.5 Å². The summed E-state index contributed by atoms with van der Waals surface area (Å²) in [5, 5.41) is 0. The van der Waals surface area contributed by atoms with Gasteiger partial charge in [0.2, 0.25) is 5.90 Å². The molecule has 4 nitrogen and oxygen atoms in total. The summed E-state index contributed by atoms with van der Waals surface area (Å²) in [6, 6.07) is 17.0. The van der Waals surface area contributed by atoms with Crippen molar-refractivity contribution in [2.24, 2.45) is 16.8 Å². The Morgan fingerprint density at radius 1 is 1.15 bits per heavy atom. The van der Waals surface area contributed by atoms with Crippen molar-refractivity contribution in [1.29, 1.82) is 0 Å². The van der Waals surface area contributed by atoms with Gasteiger partial charge < -0.3 is 9.53 Å². The zero-order valence-electron chi connectivity index (χ0n) is 14.5. The number of halogens is 1. The Morgan fingerprint density at radius 2 is 1.85 bits per heavy atom. The van der Waals surface area contributed by atoms with E-state index in [0.29, 0.717) is 12.3 Å². The fourth-order valence-electron chi connectivity index (χ4n) is 4.23. The first-order valence-corrected chi connectivity index (χ1v) is 9.59. The van der Waals surface area contributed by atoms with Crippen molar-refractivity contribution in [3.05, 3.63) is 82.9 Å². The first-order valence-electron chi connectivity index (χ1n) is 8.80. The van der Waals surface area contributed by atoms with Crippen LogP contribution in [0.3, 0.4) is 0 Å². The predicted octanol–water partition coefficient (Wildman–Crippen LogP) is 4.30. The molecule has 1 aliphatic carbocycles. The molecule has 2 aliphatic rings. The first kappa shape index (κ1) is 17.9. The Morgan fingerprint density at radius 3 is 2.48 bits per heavy atom. The summed E-state index contributed by atoms with van der Waals surface area (Å²) < 4.78 is 6.53. The number of nitrogens with zero attached hydrogens (tertiary/aromatic N) is 1. The zero-order chi connectivity index (χ0) is 19.0. The third-order valence-corrected chi connectivity index (χ3v) is 6.02. The second-order valence-corrected chi connectivity index (χ2v) is 7.86. The van der Waals surface area contributed by atoms with Gasteiger partial charge in [-0.25, -0.2) is 9.79 Å². The van der Waals surface area contributed by atoms with E-state index >= 15 is 0 Å². The van der Waals surface area contributed by atoms with Gasteiger partial charge in [-0.15, -0.1) is 6.58 Å². The fourth-order valence-corrected chi connectivity index (χ4v) is 4.50. The molecule has 2 aromatic rings. The highest BCUT2D eigenvalue weighted by Crippen LogP contribution is 2.54. The lowest BCUT2D eigenvalue weighted by Gasteiger charge is -2.26. The van der Waals surface area contributed by atoms with Crippen LogP contribution >= 0.6 is 15.9 Å². The van der Waals surface area contributed by atoms with Gasteiger partial charge in [0.15, 0.2) is 5.54 Å². The topological polar surface area (TPSA) is 55.7 Å². The van der Waals surface area contributed by atoms with Crippen molar-refractivity contribution in [2.45, 2.75) is 17.9 Å². The van der Waals surface area contributed by atoms with Crippen LogP contribution in [0.2, 0.25) is 0 Å². The van der Waals surface area contributed by atoms with Crippen molar-refractivity contribution < 1.29 is 14.3 Å². The van der Waals surface area contributed by atoms with Crippen LogP contribution in [0.1, 0.15) is 23.5 Å². The Kier molecular flexibility index (Phi) is 4.56. The van der Waals surface area contributed by atoms with Gasteiger partial charge in [-0.2, -0.15) is 0 Å². The van der Waals surface area contributed by atoms with Gasteiger partial charge in [-0.05, 0) is 42.2 Å². The molecule has 1 aliphatic heterocycles. The summed E-state index contributed by atoms with van der Waals surface area (Å²) in [6.45, 7) is 3.87. The zero-order valence-corrected chi connectivity index (χ0v) is 16.1. The molecule has 0 N–H and O–H groups in total. The highest BCUT2D eigenvalue weighted by molar-refractivity contribution is 9.10. The Labute approximate surface area is 166 Å². The number of allylic oxidation sites excluding steroid dienone is 1. The van der Waals surface area contributed by atoms with Gasteiger partial charge in [-0.3, -0.25) is 0 Å². The molecular formula is C22H18BrNO3. The number of carbonyl (C=O) groups excluding carboxylic acids is 2. The van der Waals surface area contributed by atoms with Crippen LogP contribution in [-0.4, -0.2) is 23.7 Å². The summed E-state index contributed by atoms with van der Waals surface area (Å²) in [7, 11) is 0. The highest BCUT2D eigenvalue weighted by Gasteiger charge is 2.61. The molecule has 0 unspecified atom stereocenters. The average molecular weight is 424 g/mol. The number of hydrogen-bond acceptors (Lipinski definition) is 4. The smallest absolute Gasteiger partial charge is 0.341 e. The average Bonchev–Trinajstić information content (AvgIpc) is 3.20. The number of benzene rings is 2. The van der Waals surface area contributed by atoms with Crippen LogP contribution < -0.4 is 0 Å². The molecule has 0 amide bonds. The molecule has 27 heavy (non-hydrogen) atoms. The summed E-state index contributed by atoms with van der Waals surface area (Å²) in [5.41, 5.74) is 0.542. The highest BCUT2D eigenvalue weighted by atomic mass is 79.9. The molecule has 1 saturated carbocycles. The van der Waals surface area contributed by atoms with Gasteiger partial charge >= 0.3 is 5.97 Å². The number of cyclic esters (lactones) is 1. The van der Waals surface area contributed by atoms with E-state index in [4.69, 9.17) is 9.73 Å². The van der Waals surface area contributed by atoms with E-state index in [1.165, 1.54) is 0 Å².